The van der Waals surface area contributed by atoms with Gasteiger partial charge in [0.05, 0.1) is 0 Å². The van der Waals surface area contributed by atoms with Crippen LogP contribution in [-0.4, -0.2) is 28.6 Å². The molecule has 9 heteroatoms. The van der Waals surface area contributed by atoms with E-state index in [0.29, 0.717) is 15.1 Å². The van der Waals surface area contributed by atoms with E-state index in [1.54, 1.807) is 66.8 Å². The van der Waals surface area contributed by atoms with Crippen molar-refractivity contribution >= 4 is 28.6 Å². The molecule has 0 bridgehead atoms. The van der Waals surface area contributed by atoms with Gasteiger partial charge in [-0.2, -0.15) is 66.8 Å². The molecule has 3 aromatic rings. The van der Waals surface area contributed by atoms with Crippen molar-refractivity contribution < 1.29 is 102 Å². The Balaban J connectivity index is -0.000000684. The monoisotopic (exact) mass is 942 g/mol. The zero-order valence-electron chi connectivity index (χ0n) is 36.0. The molecular formula is C45H69Cl3Si3Ti3. The summed E-state index contributed by atoms with van der Waals surface area (Å²) in [6.07, 6.45) is 16.4. The third kappa shape index (κ3) is 19.0. The molecule has 0 atom stereocenters. The molecule has 0 nitrogen and oxygen atoms in total. The summed E-state index contributed by atoms with van der Waals surface area (Å²) in [5.41, 5.74) is 19.8. The summed E-state index contributed by atoms with van der Waals surface area (Å²) in [6.45, 7) is 28.2. The predicted octanol–water partition coefficient (Wildman–Crippen LogP) is 3.05. The van der Waals surface area contributed by atoms with Gasteiger partial charge in [-0.15, -0.1) is 0 Å². The molecule has 0 heterocycles. The van der Waals surface area contributed by atoms with Crippen LogP contribution < -0.4 is 37.2 Å². The molecule has 0 unspecified atom stereocenters. The molecule has 6 radical (unpaired) electrons. The molecule has 0 aliphatic heterocycles. The maximum atomic E-state index is 2.50. The van der Waals surface area contributed by atoms with Crippen LogP contribution in [-0.2, 0) is 122 Å². The van der Waals surface area contributed by atoms with Crippen LogP contribution in [0.1, 0.15) is 168 Å². The fourth-order valence-corrected chi connectivity index (χ4v) is 11.0. The molecule has 0 N–H and O–H groups in total. The topological polar surface area (TPSA) is 0 Å². The summed E-state index contributed by atoms with van der Waals surface area (Å²) >= 11 is 0. The minimum absolute atomic E-state index is 0. The van der Waals surface area contributed by atoms with E-state index in [0.717, 1.165) is 28.6 Å². The van der Waals surface area contributed by atoms with Crippen LogP contribution in [0.5, 0.6) is 0 Å². The summed E-state index contributed by atoms with van der Waals surface area (Å²) in [7, 11) is 3.15. The molecule has 0 fully saturated rings. The van der Waals surface area contributed by atoms with Crippen LogP contribution in [0.4, 0.5) is 0 Å². The normalized spacial score (nSPS) is 14.4. The first-order chi connectivity index (χ1) is 22.4. The van der Waals surface area contributed by atoms with Crippen molar-refractivity contribution in [3.63, 3.8) is 0 Å². The molecule has 3 aliphatic rings. The maximum absolute atomic E-state index is 2.50. The largest absolute Gasteiger partial charge is 2.00 e. The molecule has 3 aromatic carbocycles. The molecule has 6 rings (SSSR count). The smallest absolute Gasteiger partial charge is 1.00 e. The van der Waals surface area contributed by atoms with Crippen molar-refractivity contribution in [3.8, 4) is 0 Å². The third-order valence-electron chi connectivity index (χ3n) is 10.8. The van der Waals surface area contributed by atoms with Gasteiger partial charge in [0.15, 0.2) is 0 Å². The number of hydrogen-bond acceptors (Lipinski definition) is 0. The summed E-state index contributed by atoms with van der Waals surface area (Å²) in [4.78, 5) is 0. The molecule has 0 saturated heterocycles. The van der Waals surface area contributed by atoms with E-state index >= 15 is 0 Å². The van der Waals surface area contributed by atoms with Gasteiger partial charge in [0, 0.05) is 28.6 Å². The quantitative estimate of drug-likeness (QED) is 0.264. The van der Waals surface area contributed by atoms with Crippen LogP contribution in [0.3, 0.4) is 0 Å². The molecular weight excluding hydrogens is 875 g/mol. The Hall–Kier alpha value is 1.71. The van der Waals surface area contributed by atoms with E-state index in [1.165, 1.54) is 95.2 Å². The second-order valence-electron chi connectivity index (χ2n) is 18.3. The fraction of sp³-hybridized carbons (Fsp3) is 0.667. The van der Waals surface area contributed by atoms with Crippen LogP contribution in [0.25, 0.3) is 0 Å². The molecule has 0 aromatic heterocycles. The summed E-state index contributed by atoms with van der Waals surface area (Å²) in [6, 6.07) is 11.4. The molecule has 3 aliphatic carbocycles. The number of rotatable bonds is 6. The van der Waals surface area contributed by atoms with Crippen molar-refractivity contribution in [2.45, 2.75) is 193 Å². The van der Waals surface area contributed by atoms with Gasteiger partial charge in [0.1, 0.15) is 0 Å². The van der Waals surface area contributed by atoms with Crippen molar-refractivity contribution in [1.82, 2.24) is 0 Å². The summed E-state index contributed by atoms with van der Waals surface area (Å²) < 4.78 is 0. The second kappa shape index (κ2) is 26.8. The number of fused-ring (bicyclic) bond motifs is 3. The van der Waals surface area contributed by atoms with Crippen molar-refractivity contribution in [3.05, 3.63) is 85.0 Å². The minimum Gasteiger partial charge on any atom is -1.00 e. The molecule has 294 valence electrons. The van der Waals surface area contributed by atoms with Gasteiger partial charge in [0.2, 0.25) is 0 Å². The standard InChI is InChI=1S/3C15H23Si.3ClH.3Ti/c3*1-11-13(10-16-15(2,3)4)9-12-7-5-6-8-14(11)12;;;;;;/h3*9H,5-8,10H2,1-4H3;3*1H;;;/q3*-1;;;;3*+2/p-3. The van der Waals surface area contributed by atoms with E-state index < -0.39 is 0 Å². The summed E-state index contributed by atoms with van der Waals surface area (Å²) in [5.74, 6) is 0. The van der Waals surface area contributed by atoms with Crippen LogP contribution in [0, 0.1) is 20.8 Å². The van der Waals surface area contributed by atoms with Gasteiger partial charge in [-0.05, 0) is 15.1 Å². The van der Waals surface area contributed by atoms with E-state index in [9.17, 15) is 0 Å². The van der Waals surface area contributed by atoms with Crippen LogP contribution >= 0.6 is 0 Å². The third-order valence-corrected chi connectivity index (χ3v) is 15.7. The van der Waals surface area contributed by atoms with Gasteiger partial charge in [-0.3, -0.25) is 0 Å². The Kier molecular flexibility index (Phi) is 29.8. The average molecular weight is 944 g/mol. The molecule has 0 saturated carbocycles. The minimum atomic E-state index is 0. The van der Waals surface area contributed by atoms with Gasteiger partial charge < -0.3 is 37.2 Å². The Morgan fingerprint density at radius 3 is 0.796 bits per heavy atom. The van der Waals surface area contributed by atoms with E-state index in [4.69, 9.17) is 0 Å². The Bertz CT molecular complexity index is 1310. The van der Waals surface area contributed by atoms with E-state index in [2.05, 4.69) is 101 Å². The first kappa shape index (κ1) is 60.0. The Morgan fingerprint density at radius 1 is 0.407 bits per heavy atom. The van der Waals surface area contributed by atoms with Crippen LogP contribution in [0.15, 0.2) is 18.2 Å². The van der Waals surface area contributed by atoms with E-state index in [-0.39, 0.29) is 102 Å². The Morgan fingerprint density at radius 2 is 0.611 bits per heavy atom. The predicted molar refractivity (Wildman–Crippen MR) is 218 cm³/mol. The average Bonchev–Trinajstić information content (AvgIpc) is 3.64. The number of halogens is 3. The SMILES string of the molecule is C[c-]1c(C[Si]C(C)(C)C)cc2c1CCCC2.C[c-]1c(C[Si]C(C)(C)C)cc2c1CCCC2.C[c-]1c(C[Si]C(C)(C)C)cc2c1CCCC2.[Cl-].[Cl-].[Cl-].[Ti+2].[Ti+2].[Ti+2]. The Labute approximate surface area is 405 Å². The fourth-order valence-electron chi connectivity index (χ4n) is 7.72. The molecule has 0 spiro atoms. The zero-order valence-corrected chi connectivity index (χ0v) is 45.9. The van der Waals surface area contributed by atoms with Gasteiger partial charge in [-0.1, -0.05) is 178 Å². The van der Waals surface area contributed by atoms with Gasteiger partial charge in [0.25, 0.3) is 0 Å². The van der Waals surface area contributed by atoms with E-state index in [1.807, 2.05) is 0 Å². The first-order valence-electron chi connectivity index (χ1n) is 19.5. The molecule has 0 amide bonds. The van der Waals surface area contributed by atoms with Crippen LogP contribution in [0.2, 0.25) is 15.1 Å². The number of hydrogen-bond donors (Lipinski definition) is 0. The van der Waals surface area contributed by atoms with Crippen molar-refractivity contribution in [2.24, 2.45) is 0 Å². The number of aryl methyl sites for hydroxylation is 3. The molecule has 54 heavy (non-hydrogen) atoms. The van der Waals surface area contributed by atoms with Gasteiger partial charge >= 0.3 is 65.2 Å². The first-order valence-corrected chi connectivity index (χ1v) is 23.1. The maximum Gasteiger partial charge on any atom is 2.00 e. The van der Waals surface area contributed by atoms with Gasteiger partial charge in [-0.25, -0.2) is 18.2 Å². The second-order valence-corrected chi connectivity index (χ2v) is 24.9. The zero-order chi connectivity index (χ0) is 35.3. The summed E-state index contributed by atoms with van der Waals surface area (Å²) in [5, 5.41) is 1.47. The van der Waals surface area contributed by atoms with Crippen molar-refractivity contribution in [1.29, 1.82) is 0 Å². The van der Waals surface area contributed by atoms with Crippen molar-refractivity contribution in [2.75, 3.05) is 0 Å².